The maximum atomic E-state index is 12.8. The maximum Gasteiger partial charge on any atom is 0.306 e. The van der Waals surface area contributed by atoms with Gasteiger partial charge in [0.2, 0.25) is 0 Å². The van der Waals surface area contributed by atoms with E-state index >= 15 is 0 Å². The molecule has 0 aromatic carbocycles. The highest BCUT2D eigenvalue weighted by molar-refractivity contribution is 5.70. The summed E-state index contributed by atoms with van der Waals surface area (Å²) < 4.78 is 17.3. The second-order valence-corrected chi connectivity index (χ2v) is 16.6. The Morgan fingerprint density at radius 1 is 0.324 bits per heavy atom. The van der Waals surface area contributed by atoms with Crippen LogP contribution in [0.15, 0.2) is 170 Å². The number of hydrogen-bond donors (Lipinski definition) is 0. The van der Waals surface area contributed by atoms with Crippen LogP contribution >= 0.6 is 0 Å². The molecule has 0 aliphatic rings. The molecule has 5 nitrogen and oxygen atoms in total. The fourth-order valence-corrected chi connectivity index (χ4v) is 6.41. The number of ether oxygens (including phenoxy) is 3. The van der Waals surface area contributed by atoms with E-state index in [1.54, 1.807) is 0 Å². The third-order valence-electron chi connectivity index (χ3n) is 10.2. The van der Waals surface area contributed by atoms with Crippen molar-refractivity contribution in [2.24, 2.45) is 0 Å². The van der Waals surface area contributed by atoms with Gasteiger partial charge in [-0.1, -0.05) is 217 Å². The van der Waals surface area contributed by atoms with Crippen LogP contribution in [0.25, 0.3) is 0 Å². The minimum absolute atomic E-state index is 0.0129. The van der Waals surface area contributed by atoms with E-state index < -0.39 is 6.10 Å². The molecule has 0 bridgehead atoms. The van der Waals surface area contributed by atoms with Gasteiger partial charge in [-0.05, 0) is 128 Å². The SMILES string of the molecule is CC/C=C\C/C=C\C/C=C\C/C=C\C/C=C\C/C=C\CCCOCC(COC(=O)CCCCCCCC/C=C\C/C=C\C/C=C\C/C=C\CC)OC(=O)CC/C=C\C/C=C\C/C=C\C/C=C\CC. The standard InChI is InChI=1S/C63H96O5/c1-4-7-10-13-16-19-22-25-27-29-31-33-35-37-40-43-46-49-52-55-58-66-59-61(68-63(65)57-54-51-48-45-42-38-24-21-18-15-12-9-6-3)60-67-62(64)56-53-50-47-44-41-39-36-34-32-30-28-26-23-20-17-14-11-8-5-2/h7-12,16-21,25-28,31-34,37-38,40,42,46,48-49,51,61H,4-6,13-15,22-24,29-30,35-36,39,41,43-45,47,50,52-60H2,1-3H3/b10-7-,11-8-,12-9-,19-16-,20-17-,21-18-,27-25-,28-26-,33-31-,34-32-,40-37-,42-38-,49-46-,51-48-. The summed E-state index contributed by atoms with van der Waals surface area (Å²) in [5.41, 5.74) is 0. The van der Waals surface area contributed by atoms with Crippen molar-refractivity contribution in [1.29, 1.82) is 0 Å². The van der Waals surface area contributed by atoms with Crippen molar-refractivity contribution in [3.63, 3.8) is 0 Å². The molecule has 1 atom stereocenters. The smallest absolute Gasteiger partial charge is 0.306 e. The van der Waals surface area contributed by atoms with Gasteiger partial charge in [0.25, 0.3) is 0 Å². The van der Waals surface area contributed by atoms with E-state index in [9.17, 15) is 9.59 Å². The Morgan fingerprint density at radius 3 is 1.04 bits per heavy atom. The van der Waals surface area contributed by atoms with E-state index in [2.05, 4.69) is 185 Å². The lowest BCUT2D eigenvalue weighted by Gasteiger charge is -2.18. The second kappa shape index (κ2) is 56.6. The molecule has 0 saturated heterocycles. The molecular formula is C63H96O5. The number of hydrogen-bond acceptors (Lipinski definition) is 5. The van der Waals surface area contributed by atoms with Crippen LogP contribution in [0.5, 0.6) is 0 Å². The first kappa shape index (κ1) is 63.3. The van der Waals surface area contributed by atoms with Gasteiger partial charge in [-0.15, -0.1) is 0 Å². The molecule has 0 spiro atoms. The summed E-state index contributed by atoms with van der Waals surface area (Å²) in [5.74, 6) is -0.556. The Hall–Kier alpha value is -4.74. The molecule has 68 heavy (non-hydrogen) atoms. The van der Waals surface area contributed by atoms with E-state index in [1.807, 2.05) is 6.08 Å². The van der Waals surface area contributed by atoms with Crippen molar-refractivity contribution in [3.05, 3.63) is 170 Å². The van der Waals surface area contributed by atoms with Crippen LogP contribution in [-0.2, 0) is 23.8 Å². The van der Waals surface area contributed by atoms with Crippen LogP contribution in [0, 0.1) is 0 Å². The summed E-state index contributed by atoms with van der Waals surface area (Å²) in [6.07, 6.45) is 85.3. The Balaban J connectivity index is 4.50. The van der Waals surface area contributed by atoms with Crippen molar-refractivity contribution < 1.29 is 23.8 Å². The zero-order valence-electron chi connectivity index (χ0n) is 43.3. The molecule has 0 aromatic rings. The summed E-state index contributed by atoms with van der Waals surface area (Å²) in [6.45, 7) is 7.21. The maximum absolute atomic E-state index is 12.8. The first-order valence-electron chi connectivity index (χ1n) is 26.7. The van der Waals surface area contributed by atoms with Crippen LogP contribution in [0.1, 0.15) is 188 Å². The van der Waals surface area contributed by atoms with E-state index in [1.165, 1.54) is 19.3 Å². The molecule has 0 aliphatic carbocycles. The molecule has 1 unspecified atom stereocenters. The zero-order valence-corrected chi connectivity index (χ0v) is 43.3. The lowest BCUT2D eigenvalue weighted by Crippen LogP contribution is -2.30. The van der Waals surface area contributed by atoms with E-state index in [-0.39, 0.29) is 31.6 Å². The fraction of sp³-hybridized carbons (Fsp3) is 0.524. The van der Waals surface area contributed by atoms with Crippen LogP contribution in [0.2, 0.25) is 0 Å². The Bertz CT molecular complexity index is 1570. The lowest BCUT2D eigenvalue weighted by atomic mass is 10.1. The number of unbranched alkanes of at least 4 members (excludes halogenated alkanes) is 7. The minimum atomic E-state index is -0.625. The highest BCUT2D eigenvalue weighted by atomic mass is 16.6. The van der Waals surface area contributed by atoms with Crippen LogP contribution < -0.4 is 0 Å². The van der Waals surface area contributed by atoms with Gasteiger partial charge >= 0.3 is 11.9 Å². The van der Waals surface area contributed by atoms with E-state index in [0.29, 0.717) is 19.4 Å². The zero-order chi connectivity index (χ0) is 49.2. The molecule has 0 aliphatic heterocycles. The molecule has 0 radical (unpaired) electrons. The number of allylic oxidation sites excluding steroid dienone is 28. The molecule has 0 aromatic heterocycles. The number of rotatable bonds is 46. The molecule has 0 amide bonds. The summed E-state index contributed by atoms with van der Waals surface area (Å²) in [6, 6.07) is 0. The molecule has 0 rings (SSSR count). The topological polar surface area (TPSA) is 61.8 Å². The van der Waals surface area contributed by atoms with Crippen molar-refractivity contribution in [3.8, 4) is 0 Å². The van der Waals surface area contributed by atoms with Crippen molar-refractivity contribution in [2.45, 2.75) is 194 Å². The van der Waals surface area contributed by atoms with E-state index in [4.69, 9.17) is 14.2 Å². The van der Waals surface area contributed by atoms with Gasteiger partial charge in [0, 0.05) is 19.4 Å². The lowest BCUT2D eigenvalue weighted by molar-refractivity contribution is -0.162. The summed E-state index contributed by atoms with van der Waals surface area (Å²) >= 11 is 0. The molecule has 5 heteroatoms. The molecule has 0 saturated carbocycles. The van der Waals surface area contributed by atoms with Gasteiger partial charge in [0.1, 0.15) is 6.61 Å². The van der Waals surface area contributed by atoms with Gasteiger partial charge in [-0.3, -0.25) is 9.59 Å². The van der Waals surface area contributed by atoms with Gasteiger partial charge in [-0.2, -0.15) is 0 Å². The fourth-order valence-electron chi connectivity index (χ4n) is 6.41. The van der Waals surface area contributed by atoms with Gasteiger partial charge in [0.05, 0.1) is 6.61 Å². The third kappa shape index (κ3) is 53.9. The first-order valence-corrected chi connectivity index (χ1v) is 26.7. The number of esters is 2. The average molecular weight is 933 g/mol. The quantitative estimate of drug-likeness (QED) is 0.0346. The predicted molar refractivity (Wildman–Crippen MR) is 297 cm³/mol. The summed E-state index contributed by atoms with van der Waals surface area (Å²) in [4.78, 5) is 25.4. The Labute approximate surface area is 417 Å². The van der Waals surface area contributed by atoms with Crippen molar-refractivity contribution in [1.82, 2.24) is 0 Å². The highest BCUT2D eigenvalue weighted by Gasteiger charge is 2.17. The van der Waals surface area contributed by atoms with Crippen LogP contribution in [0.4, 0.5) is 0 Å². The van der Waals surface area contributed by atoms with E-state index in [0.717, 1.165) is 128 Å². The minimum Gasteiger partial charge on any atom is -0.462 e. The Morgan fingerprint density at radius 2 is 0.647 bits per heavy atom. The number of carbonyl (C=O) groups excluding carboxylic acids is 2. The molecule has 0 fully saturated rings. The highest BCUT2D eigenvalue weighted by Crippen LogP contribution is 2.11. The van der Waals surface area contributed by atoms with Crippen LogP contribution in [0.3, 0.4) is 0 Å². The van der Waals surface area contributed by atoms with Crippen molar-refractivity contribution in [2.75, 3.05) is 19.8 Å². The van der Waals surface area contributed by atoms with Gasteiger partial charge < -0.3 is 14.2 Å². The molecule has 0 N–H and O–H groups in total. The summed E-state index contributed by atoms with van der Waals surface area (Å²) in [5, 5.41) is 0. The third-order valence-corrected chi connectivity index (χ3v) is 10.2. The summed E-state index contributed by atoms with van der Waals surface area (Å²) in [7, 11) is 0. The predicted octanol–water partition coefficient (Wildman–Crippen LogP) is 18.4. The average Bonchev–Trinajstić information content (AvgIpc) is 3.34. The monoisotopic (exact) mass is 933 g/mol. The first-order chi connectivity index (χ1) is 33.6. The molecule has 0 heterocycles. The number of carbonyl (C=O) groups is 2. The molecule has 378 valence electrons. The normalized spacial score (nSPS) is 13.6. The second-order valence-electron chi connectivity index (χ2n) is 16.6. The van der Waals surface area contributed by atoms with Crippen LogP contribution in [-0.4, -0.2) is 37.9 Å². The Kier molecular flexibility index (Phi) is 52.6. The van der Waals surface area contributed by atoms with Gasteiger partial charge in [-0.25, -0.2) is 0 Å². The van der Waals surface area contributed by atoms with Gasteiger partial charge in [0.15, 0.2) is 6.10 Å². The largest absolute Gasteiger partial charge is 0.462 e. The van der Waals surface area contributed by atoms with Crippen molar-refractivity contribution >= 4 is 11.9 Å². The molecular weight excluding hydrogens is 837 g/mol.